The van der Waals surface area contributed by atoms with Gasteiger partial charge in [-0.05, 0) is 100 Å². The van der Waals surface area contributed by atoms with Crippen molar-refractivity contribution in [2.75, 3.05) is 13.2 Å². The molecule has 0 saturated carbocycles. The Morgan fingerprint density at radius 1 is 1.25 bits per heavy atom. The van der Waals surface area contributed by atoms with E-state index in [0.717, 1.165) is 18.5 Å². The summed E-state index contributed by atoms with van der Waals surface area (Å²) >= 11 is 5.64. The van der Waals surface area contributed by atoms with E-state index in [4.69, 9.17) is 9.47 Å². The Labute approximate surface area is 238 Å². The van der Waals surface area contributed by atoms with E-state index in [0.29, 0.717) is 27.2 Å². The molecule has 2 heterocycles. The maximum atomic E-state index is 13.7. The number of carbonyl (C=O) groups excluding carboxylic acids is 1. The van der Waals surface area contributed by atoms with E-state index >= 15 is 0 Å². The van der Waals surface area contributed by atoms with Crippen molar-refractivity contribution in [3.8, 4) is 5.75 Å². The van der Waals surface area contributed by atoms with Gasteiger partial charge in [0.2, 0.25) is 0 Å². The highest BCUT2D eigenvalue weighted by Gasteiger charge is 2.33. The van der Waals surface area contributed by atoms with Crippen molar-refractivity contribution in [1.82, 2.24) is 4.57 Å². The third-order valence-corrected chi connectivity index (χ3v) is 7.95. The number of esters is 1. The molecule has 0 N–H and O–H groups in total. The highest BCUT2D eigenvalue weighted by Crippen LogP contribution is 2.31. The molecule has 0 fully saturated rings. The largest absolute Gasteiger partial charge is 0.487 e. The Balaban J connectivity index is 1.89. The number of thiazole rings is 1. The molecule has 186 valence electrons. The first-order valence-electron chi connectivity index (χ1n) is 10.9. The predicted molar refractivity (Wildman–Crippen MR) is 154 cm³/mol. The topological polar surface area (TPSA) is 69.9 Å². The van der Waals surface area contributed by atoms with E-state index in [1.54, 1.807) is 38.1 Å². The first-order valence-corrected chi connectivity index (χ1v) is 13.9. The number of fused-ring (bicyclic) bond motifs is 1. The quantitative estimate of drug-likeness (QED) is 0.201. The first kappa shape index (κ1) is 26.7. The lowest BCUT2D eigenvalue weighted by molar-refractivity contribution is -0.139. The van der Waals surface area contributed by atoms with Crippen LogP contribution in [0.2, 0.25) is 0 Å². The normalized spacial score (nSPS) is 15.4. The number of aromatic nitrogens is 1. The molecule has 1 aromatic heterocycles. The van der Waals surface area contributed by atoms with Gasteiger partial charge in [0.05, 0.1) is 35.6 Å². The number of hydrogen-bond acceptors (Lipinski definition) is 6. The van der Waals surface area contributed by atoms with Gasteiger partial charge in [-0.25, -0.2) is 14.2 Å². The lowest BCUT2D eigenvalue weighted by Gasteiger charge is -2.24. The predicted octanol–water partition coefficient (Wildman–Crippen LogP) is 4.71. The van der Waals surface area contributed by atoms with E-state index in [2.05, 4.69) is 56.8 Å². The summed E-state index contributed by atoms with van der Waals surface area (Å²) in [6.45, 7) is 7.69. The van der Waals surface area contributed by atoms with E-state index in [-0.39, 0.29) is 17.7 Å². The van der Waals surface area contributed by atoms with Crippen LogP contribution in [0.4, 0.5) is 4.39 Å². The van der Waals surface area contributed by atoms with Crippen molar-refractivity contribution in [2.24, 2.45) is 4.99 Å². The zero-order valence-corrected chi connectivity index (χ0v) is 24.5. The van der Waals surface area contributed by atoms with Crippen LogP contribution >= 0.6 is 56.5 Å². The zero-order chi connectivity index (χ0) is 26.0. The van der Waals surface area contributed by atoms with Crippen LogP contribution in [0.3, 0.4) is 0 Å². The van der Waals surface area contributed by atoms with Gasteiger partial charge < -0.3 is 9.47 Å². The molecule has 1 aliphatic heterocycles. The highest BCUT2D eigenvalue weighted by molar-refractivity contribution is 14.1. The number of ether oxygens (including phenoxy) is 2. The van der Waals surface area contributed by atoms with Gasteiger partial charge in [-0.1, -0.05) is 36.1 Å². The minimum absolute atomic E-state index is 0.181. The number of hydrogen-bond donors (Lipinski definition) is 0. The van der Waals surface area contributed by atoms with E-state index in [1.165, 1.54) is 28.0 Å². The van der Waals surface area contributed by atoms with Gasteiger partial charge in [0.25, 0.3) is 5.56 Å². The zero-order valence-electron chi connectivity index (χ0n) is 19.4. The van der Waals surface area contributed by atoms with Gasteiger partial charge in [0, 0.05) is 0 Å². The van der Waals surface area contributed by atoms with Crippen LogP contribution in [-0.4, -0.2) is 23.8 Å². The fourth-order valence-corrected chi connectivity index (χ4v) is 7.02. The first-order chi connectivity index (χ1) is 17.2. The minimum Gasteiger partial charge on any atom is -0.487 e. The summed E-state index contributed by atoms with van der Waals surface area (Å²) in [4.78, 5) is 31.6. The third-order valence-electron chi connectivity index (χ3n) is 5.37. The summed E-state index contributed by atoms with van der Waals surface area (Å²) < 4.78 is 28.5. The molecule has 3 aromatic rings. The maximum Gasteiger partial charge on any atom is 0.338 e. The Bertz CT molecular complexity index is 1530. The summed E-state index contributed by atoms with van der Waals surface area (Å²) in [5.74, 6) is -0.198. The van der Waals surface area contributed by atoms with Crippen LogP contribution in [0.5, 0.6) is 5.75 Å². The van der Waals surface area contributed by atoms with Crippen molar-refractivity contribution in [1.29, 1.82) is 0 Å². The van der Waals surface area contributed by atoms with Crippen molar-refractivity contribution < 1.29 is 18.7 Å². The molecule has 0 radical (unpaired) electrons. The van der Waals surface area contributed by atoms with Gasteiger partial charge in [0.15, 0.2) is 4.80 Å². The van der Waals surface area contributed by atoms with Crippen LogP contribution in [0.1, 0.15) is 31.0 Å². The summed E-state index contributed by atoms with van der Waals surface area (Å²) in [5.41, 5.74) is 1.85. The van der Waals surface area contributed by atoms with Crippen molar-refractivity contribution in [3.63, 3.8) is 0 Å². The average molecular weight is 730 g/mol. The van der Waals surface area contributed by atoms with E-state index in [1.807, 2.05) is 12.1 Å². The van der Waals surface area contributed by atoms with Crippen molar-refractivity contribution in [2.45, 2.75) is 19.9 Å². The Kier molecular flexibility index (Phi) is 8.45. The number of halogens is 3. The molecule has 0 saturated heterocycles. The molecule has 0 amide bonds. The second-order valence-corrected chi connectivity index (χ2v) is 11.1. The fraction of sp³-hybridized carbons (Fsp3) is 0.192. The molecule has 0 unspecified atom stereocenters. The molecule has 36 heavy (non-hydrogen) atoms. The summed E-state index contributed by atoms with van der Waals surface area (Å²) in [7, 11) is 0. The Morgan fingerprint density at radius 2 is 1.92 bits per heavy atom. The summed E-state index contributed by atoms with van der Waals surface area (Å²) in [5, 5.41) is 0. The van der Waals surface area contributed by atoms with Gasteiger partial charge in [-0.15, -0.1) is 0 Å². The highest BCUT2D eigenvalue weighted by atomic mass is 127. The van der Waals surface area contributed by atoms with Crippen LogP contribution in [0.15, 0.2) is 70.1 Å². The molecule has 0 bridgehead atoms. The molecule has 1 atom stereocenters. The van der Waals surface area contributed by atoms with Crippen molar-refractivity contribution >= 4 is 68.6 Å². The number of benzene rings is 2. The Morgan fingerprint density at radius 3 is 2.53 bits per heavy atom. The van der Waals surface area contributed by atoms with Crippen LogP contribution < -0.4 is 19.6 Å². The van der Waals surface area contributed by atoms with Crippen LogP contribution in [0, 0.1) is 13.0 Å². The van der Waals surface area contributed by atoms with E-state index in [9.17, 15) is 14.0 Å². The molecule has 1 aliphatic rings. The average Bonchev–Trinajstić information content (AvgIpc) is 3.12. The second kappa shape index (κ2) is 11.4. The molecule has 0 spiro atoms. The molecule has 2 aromatic carbocycles. The molecule has 4 rings (SSSR count). The number of carbonyl (C=O) groups is 1. The lowest BCUT2D eigenvalue weighted by Crippen LogP contribution is -2.39. The van der Waals surface area contributed by atoms with Gasteiger partial charge in [-0.3, -0.25) is 9.36 Å². The summed E-state index contributed by atoms with van der Waals surface area (Å²) in [6.07, 6.45) is 3.49. The third kappa shape index (κ3) is 5.35. The van der Waals surface area contributed by atoms with Gasteiger partial charge in [0.1, 0.15) is 18.2 Å². The number of rotatable bonds is 7. The molecular weight excluding hydrogens is 709 g/mol. The summed E-state index contributed by atoms with van der Waals surface area (Å²) in [6, 6.07) is 8.85. The van der Waals surface area contributed by atoms with Crippen molar-refractivity contribution in [3.05, 3.63) is 104 Å². The monoisotopic (exact) mass is 730 g/mol. The number of allylic oxidation sites excluding steroid dienone is 1. The fourth-order valence-electron chi connectivity index (χ4n) is 3.85. The van der Waals surface area contributed by atoms with Gasteiger partial charge >= 0.3 is 5.97 Å². The second-order valence-electron chi connectivity index (χ2n) is 7.77. The lowest BCUT2D eigenvalue weighted by atomic mass is 9.96. The maximum absolute atomic E-state index is 13.7. The Hall–Kier alpha value is -2.32. The molecule has 10 heteroatoms. The van der Waals surface area contributed by atoms with Crippen LogP contribution in [0.25, 0.3) is 6.08 Å². The SMILES string of the molecule is C=CCOc1c(I)cc(/C=c2\sc3n(c2=O)[C@H](c2ccc(F)cc2)C(C(=O)OCC)=C(C)N=3)cc1I. The standard InChI is InChI=1S/C26H21FI2N2O4S/c1-4-10-35-23-18(28)11-15(12-19(23)29)13-20-24(32)31-22(16-6-8-17(27)9-7-16)21(25(33)34-5-2)14(3)30-26(31)36-20/h4,6-9,11-13,22H,1,5,10H2,2-3H3/b20-13-/t22-/m1/s1. The number of nitrogens with zero attached hydrogens (tertiary/aromatic N) is 2. The smallest absolute Gasteiger partial charge is 0.338 e. The van der Waals surface area contributed by atoms with Gasteiger partial charge in [-0.2, -0.15) is 0 Å². The van der Waals surface area contributed by atoms with E-state index < -0.39 is 17.8 Å². The molecule has 0 aliphatic carbocycles. The minimum atomic E-state index is -0.780. The van der Waals surface area contributed by atoms with Crippen LogP contribution in [-0.2, 0) is 9.53 Å². The molecular formula is C26H21FI2N2O4S. The molecule has 6 nitrogen and oxygen atoms in total.